The number of hydrogen-bond acceptors (Lipinski definition) is 1. The van der Waals surface area contributed by atoms with Crippen molar-refractivity contribution in [1.82, 2.24) is 10.3 Å². The Morgan fingerprint density at radius 2 is 2.14 bits per heavy atom. The molecule has 1 aromatic carbocycles. The van der Waals surface area contributed by atoms with Gasteiger partial charge in [-0.15, -0.1) is 0 Å². The van der Waals surface area contributed by atoms with E-state index in [0.29, 0.717) is 6.04 Å². The van der Waals surface area contributed by atoms with Gasteiger partial charge in [-0.1, -0.05) is 20.8 Å². The van der Waals surface area contributed by atoms with Gasteiger partial charge >= 0.3 is 0 Å². The molecule has 0 saturated heterocycles. The van der Waals surface area contributed by atoms with E-state index in [0.717, 1.165) is 42.3 Å². The summed E-state index contributed by atoms with van der Waals surface area (Å²) in [6, 6.07) is 3.62. The second kappa shape index (κ2) is 5.13. The van der Waals surface area contributed by atoms with Crippen LogP contribution < -0.4 is 5.32 Å². The number of fused-ring (bicyclic) bond motifs is 3. The molecule has 0 aliphatic heterocycles. The fourth-order valence-corrected chi connectivity index (χ4v) is 3.74. The Hall–Kier alpha value is -1.35. The Morgan fingerprint density at radius 3 is 2.86 bits per heavy atom. The van der Waals surface area contributed by atoms with Gasteiger partial charge in [0.1, 0.15) is 5.82 Å². The Balaban J connectivity index is 2.17. The molecule has 0 saturated carbocycles. The van der Waals surface area contributed by atoms with Crippen molar-refractivity contribution in [2.45, 2.75) is 53.0 Å². The highest BCUT2D eigenvalue weighted by molar-refractivity contribution is 5.88. The Labute approximate surface area is 126 Å². The van der Waals surface area contributed by atoms with Crippen LogP contribution in [-0.2, 0) is 6.42 Å². The van der Waals surface area contributed by atoms with Crippen LogP contribution in [0.15, 0.2) is 12.1 Å². The van der Waals surface area contributed by atoms with Crippen molar-refractivity contribution in [1.29, 1.82) is 0 Å². The number of halogens is 1. The summed E-state index contributed by atoms with van der Waals surface area (Å²) < 4.78 is 13.8. The number of aromatic nitrogens is 1. The summed E-state index contributed by atoms with van der Waals surface area (Å²) >= 11 is 0. The fourth-order valence-electron chi connectivity index (χ4n) is 3.74. The van der Waals surface area contributed by atoms with Gasteiger partial charge in [0, 0.05) is 22.6 Å². The first-order valence-electron chi connectivity index (χ1n) is 7.95. The van der Waals surface area contributed by atoms with Crippen LogP contribution in [0.1, 0.15) is 56.5 Å². The van der Waals surface area contributed by atoms with Crippen LogP contribution >= 0.6 is 0 Å². The van der Waals surface area contributed by atoms with Gasteiger partial charge < -0.3 is 10.3 Å². The summed E-state index contributed by atoms with van der Waals surface area (Å²) in [5.41, 5.74) is 4.93. The van der Waals surface area contributed by atoms with Gasteiger partial charge in [-0.3, -0.25) is 0 Å². The minimum absolute atomic E-state index is 0.138. The van der Waals surface area contributed by atoms with E-state index in [1.54, 1.807) is 12.1 Å². The SMILES string of the molecule is CCCNC1CC(C)(C)Cc2[nH]c3c(C)cc(F)cc3c21. The lowest BCUT2D eigenvalue weighted by Crippen LogP contribution is -2.33. The van der Waals surface area contributed by atoms with Gasteiger partial charge in [-0.2, -0.15) is 0 Å². The molecular formula is C18H25FN2. The predicted octanol–water partition coefficient (Wildman–Crippen LogP) is 4.63. The van der Waals surface area contributed by atoms with Gasteiger partial charge in [0.2, 0.25) is 0 Å². The van der Waals surface area contributed by atoms with E-state index >= 15 is 0 Å². The van der Waals surface area contributed by atoms with E-state index in [1.165, 1.54) is 11.3 Å². The van der Waals surface area contributed by atoms with Crippen LogP contribution in [0.25, 0.3) is 10.9 Å². The molecule has 1 unspecified atom stereocenters. The summed E-state index contributed by atoms with van der Waals surface area (Å²) in [5.74, 6) is -0.138. The van der Waals surface area contributed by atoms with Crippen molar-refractivity contribution >= 4 is 10.9 Å². The first-order valence-corrected chi connectivity index (χ1v) is 7.95. The molecule has 1 aliphatic rings. The summed E-state index contributed by atoms with van der Waals surface area (Å²) in [6.07, 6.45) is 3.24. The molecule has 3 rings (SSSR count). The summed E-state index contributed by atoms with van der Waals surface area (Å²) in [6.45, 7) is 9.79. The van der Waals surface area contributed by atoms with E-state index in [9.17, 15) is 4.39 Å². The standard InChI is InChI=1S/C18H25FN2/c1-5-6-20-14-9-18(3,4)10-15-16(14)13-8-12(19)7-11(2)17(13)21-15/h7-8,14,20-21H,5-6,9-10H2,1-4H3. The molecule has 21 heavy (non-hydrogen) atoms. The Kier molecular flexibility index (Phi) is 3.56. The smallest absolute Gasteiger partial charge is 0.124 e. The predicted molar refractivity (Wildman–Crippen MR) is 86.1 cm³/mol. The highest BCUT2D eigenvalue weighted by atomic mass is 19.1. The van der Waals surface area contributed by atoms with Crippen molar-refractivity contribution in [2.24, 2.45) is 5.41 Å². The molecule has 1 aromatic heterocycles. The molecule has 2 nitrogen and oxygen atoms in total. The van der Waals surface area contributed by atoms with E-state index in [4.69, 9.17) is 0 Å². The first kappa shape index (κ1) is 14.6. The minimum Gasteiger partial charge on any atom is -0.358 e. The van der Waals surface area contributed by atoms with E-state index < -0.39 is 0 Å². The fraction of sp³-hybridized carbons (Fsp3) is 0.556. The number of hydrogen-bond donors (Lipinski definition) is 2. The lowest BCUT2D eigenvalue weighted by atomic mass is 9.74. The monoisotopic (exact) mass is 288 g/mol. The molecule has 2 aromatic rings. The van der Waals surface area contributed by atoms with Crippen LogP contribution in [0, 0.1) is 18.2 Å². The molecule has 0 amide bonds. The van der Waals surface area contributed by atoms with Crippen LogP contribution in [0.5, 0.6) is 0 Å². The number of benzene rings is 1. The maximum atomic E-state index is 13.8. The number of aryl methyl sites for hydroxylation is 1. The quantitative estimate of drug-likeness (QED) is 0.847. The molecule has 0 spiro atoms. The number of rotatable bonds is 3. The molecule has 0 fully saturated rings. The van der Waals surface area contributed by atoms with Crippen molar-refractivity contribution < 1.29 is 4.39 Å². The highest BCUT2D eigenvalue weighted by Crippen LogP contribution is 2.44. The number of aromatic amines is 1. The lowest BCUT2D eigenvalue weighted by Gasteiger charge is -2.36. The van der Waals surface area contributed by atoms with Crippen LogP contribution in [-0.4, -0.2) is 11.5 Å². The van der Waals surface area contributed by atoms with Gasteiger partial charge in [-0.05, 0) is 61.4 Å². The van der Waals surface area contributed by atoms with E-state index in [-0.39, 0.29) is 11.2 Å². The van der Waals surface area contributed by atoms with Gasteiger partial charge in [0.15, 0.2) is 0 Å². The minimum atomic E-state index is -0.138. The van der Waals surface area contributed by atoms with Crippen molar-refractivity contribution in [3.05, 3.63) is 34.8 Å². The van der Waals surface area contributed by atoms with E-state index in [1.807, 2.05) is 6.92 Å². The lowest BCUT2D eigenvalue weighted by molar-refractivity contribution is 0.257. The van der Waals surface area contributed by atoms with Gasteiger partial charge in [-0.25, -0.2) is 4.39 Å². The maximum Gasteiger partial charge on any atom is 0.124 e. The summed E-state index contributed by atoms with van der Waals surface area (Å²) in [7, 11) is 0. The maximum absolute atomic E-state index is 13.8. The largest absolute Gasteiger partial charge is 0.358 e. The summed E-state index contributed by atoms with van der Waals surface area (Å²) in [4.78, 5) is 3.57. The third kappa shape index (κ3) is 2.59. The topological polar surface area (TPSA) is 27.8 Å². The second-order valence-corrected chi connectivity index (χ2v) is 7.21. The van der Waals surface area contributed by atoms with Crippen LogP contribution in [0.2, 0.25) is 0 Å². The average Bonchev–Trinajstić information content (AvgIpc) is 2.73. The zero-order valence-corrected chi connectivity index (χ0v) is 13.4. The average molecular weight is 288 g/mol. The molecule has 0 radical (unpaired) electrons. The molecule has 1 atom stereocenters. The molecule has 3 heteroatoms. The van der Waals surface area contributed by atoms with Crippen LogP contribution in [0.3, 0.4) is 0 Å². The van der Waals surface area contributed by atoms with Crippen molar-refractivity contribution in [2.75, 3.05) is 6.54 Å². The summed E-state index contributed by atoms with van der Waals surface area (Å²) in [5, 5.41) is 4.72. The normalized spacial score (nSPS) is 20.7. The molecule has 0 bridgehead atoms. The second-order valence-electron chi connectivity index (χ2n) is 7.21. The highest BCUT2D eigenvalue weighted by Gasteiger charge is 2.34. The molecular weight excluding hydrogens is 263 g/mol. The molecule has 1 aliphatic carbocycles. The zero-order valence-electron chi connectivity index (χ0n) is 13.4. The Morgan fingerprint density at radius 1 is 1.38 bits per heavy atom. The Bertz CT molecular complexity index is 669. The van der Waals surface area contributed by atoms with E-state index in [2.05, 4.69) is 31.1 Å². The molecule has 2 N–H and O–H groups in total. The van der Waals surface area contributed by atoms with Crippen molar-refractivity contribution in [3.63, 3.8) is 0 Å². The number of nitrogens with one attached hydrogen (secondary N) is 2. The molecule has 114 valence electrons. The number of H-pyrrole nitrogens is 1. The third-order valence-corrected chi connectivity index (χ3v) is 4.59. The van der Waals surface area contributed by atoms with Gasteiger partial charge in [0.25, 0.3) is 0 Å². The third-order valence-electron chi connectivity index (χ3n) is 4.59. The van der Waals surface area contributed by atoms with Crippen molar-refractivity contribution in [3.8, 4) is 0 Å². The molecule has 1 heterocycles. The van der Waals surface area contributed by atoms with Crippen LogP contribution in [0.4, 0.5) is 4.39 Å². The zero-order chi connectivity index (χ0) is 15.2. The first-order chi connectivity index (χ1) is 9.91. The van der Waals surface area contributed by atoms with Gasteiger partial charge in [0.05, 0.1) is 0 Å².